The summed E-state index contributed by atoms with van der Waals surface area (Å²) in [6.45, 7) is 0. The molecule has 0 fully saturated rings. The van der Waals surface area contributed by atoms with Crippen LogP contribution in [0.25, 0.3) is 0 Å². The Labute approximate surface area is 85.2 Å². The first-order chi connectivity index (χ1) is 6.84. The summed E-state index contributed by atoms with van der Waals surface area (Å²) in [6, 6.07) is 10.0. The molecule has 0 radical (unpaired) electrons. The van der Waals surface area contributed by atoms with Crippen LogP contribution in [0.2, 0.25) is 0 Å². The molecule has 1 aromatic heterocycles. The van der Waals surface area contributed by atoms with Crippen molar-refractivity contribution in [1.29, 1.82) is 0 Å². The molecule has 0 aliphatic heterocycles. The fraction of sp³-hybridized carbons (Fsp3) is 0.100. The van der Waals surface area contributed by atoms with Crippen LogP contribution >= 0.6 is 11.8 Å². The first-order valence-electron chi connectivity index (χ1n) is 4.20. The van der Waals surface area contributed by atoms with E-state index in [1.165, 1.54) is 17.3 Å². The van der Waals surface area contributed by atoms with Crippen molar-refractivity contribution in [2.45, 2.75) is 10.8 Å². The average Bonchev–Trinajstić information content (AvgIpc) is 2.63. The number of rotatable bonds is 3. The minimum atomic E-state index is -0.402. The summed E-state index contributed by atoms with van der Waals surface area (Å²) in [5.41, 5.74) is 1.21. The predicted molar refractivity (Wildman–Crippen MR) is 55.3 cm³/mol. The van der Waals surface area contributed by atoms with Crippen LogP contribution in [0, 0.1) is 0 Å². The fourth-order valence-corrected chi connectivity index (χ4v) is 1.85. The summed E-state index contributed by atoms with van der Waals surface area (Å²) in [7, 11) is 0. The van der Waals surface area contributed by atoms with Gasteiger partial charge in [0.2, 0.25) is 0 Å². The molecule has 72 valence electrons. The summed E-state index contributed by atoms with van der Waals surface area (Å²) < 4.78 is 4.86. The number of hydrogen-bond donors (Lipinski definition) is 1. The Hall–Kier alpha value is -1.42. The van der Waals surface area contributed by atoms with Crippen LogP contribution in [0.1, 0.15) is 5.56 Å². The van der Waals surface area contributed by atoms with E-state index in [1.54, 1.807) is 6.20 Å². The fourth-order valence-electron chi connectivity index (χ4n) is 1.07. The number of oxazole rings is 1. The average molecular weight is 207 g/mol. The molecule has 4 heteroatoms. The van der Waals surface area contributed by atoms with Crippen LogP contribution in [0.3, 0.4) is 0 Å². The maximum Gasteiger partial charge on any atom is 0.417 e. The molecule has 1 heterocycles. The highest BCUT2D eigenvalue weighted by Crippen LogP contribution is 2.20. The van der Waals surface area contributed by atoms with Crippen LogP contribution in [0.15, 0.2) is 50.8 Å². The van der Waals surface area contributed by atoms with Gasteiger partial charge in [-0.25, -0.2) is 4.79 Å². The lowest BCUT2D eigenvalue weighted by molar-refractivity contribution is 0.435. The van der Waals surface area contributed by atoms with Gasteiger partial charge in [-0.15, -0.1) is 0 Å². The Morgan fingerprint density at radius 2 is 2.07 bits per heavy atom. The molecule has 1 aromatic carbocycles. The maximum absolute atomic E-state index is 10.7. The quantitative estimate of drug-likeness (QED) is 0.785. The molecule has 2 rings (SSSR count). The lowest BCUT2D eigenvalue weighted by Gasteiger charge is -1.96. The summed E-state index contributed by atoms with van der Waals surface area (Å²) in [4.78, 5) is 13.1. The minimum Gasteiger partial charge on any atom is -0.401 e. The van der Waals surface area contributed by atoms with E-state index in [0.717, 1.165) is 5.75 Å². The normalized spacial score (nSPS) is 10.3. The summed E-state index contributed by atoms with van der Waals surface area (Å²) in [5, 5.41) is 0.624. The second-order valence-electron chi connectivity index (χ2n) is 2.77. The smallest absolute Gasteiger partial charge is 0.401 e. The molecule has 0 unspecified atom stereocenters. The third-order valence-electron chi connectivity index (χ3n) is 1.73. The van der Waals surface area contributed by atoms with E-state index in [9.17, 15) is 4.79 Å². The Bertz CT molecular complexity index is 446. The number of H-pyrrole nitrogens is 1. The van der Waals surface area contributed by atoms with E-state index in [4.69, 9.17) is 4.42 Å². The van der Waals surface area contributed by atoms with Gasteiger partial charge < -0.3 is 4.42 Å². The van der Waals surface area contributed by atoms with Crippen molar-refractivity contribution in [2.24, 2.45) is 0 Å². The molecule has 0 bridgehead atoms. The van der Waals surface area contributed by atoms with Crippen molar-refractivity contribution < 1.29 is 4.42 Å². The Morgan fingerprint density at radius 3 is 2.71 bits per heavy atom. The standard InChI is InChI=1S/C10H9NO2S/c12-10-11-6-9(13-10)14-7-8-4-2-1-3-5-8/h1-6H,7H2,(H,11,12). The zero-order valence-electron chi connectivity index (χ0n) is 7.40. The van der Waals surface area contributed by atoms with Gasteiger partial charge in [-0.1, -0.05) is 42.1 Å². The Balaban J connectivity index is 1.98. The van der Waals surface area contributed by atoms with Crippen LogP contribution in [0.5, 0.6) is 0 Å². The van der Waals surface area contributed by atoms with Crippen molar-refractivity contribution in [3.8, 4) is 0 Å². The molecule has 0 saturated heterocycles. The van der Waals surface area contributed by atoms with E-state index >= 15 is 0 Å². The van der Waals surface area contributed by atoms with E-state index in [-0.39, 0.29) is 0 Å². The monoisotopic (exact) mass is 207 g/mol. The highest BCUT2D eigenvalue weighted by Gasteiger charge is 1.99. The first kappa shape index (κ1) is 9.15. The molecule has 14 heavy (non-hydrogen) atoms. The molecule has 0 aliphatic rings. The number of thioether (sulfide) groups is 1. The molecule has 0 atom stereocenters. The maximum atomic E-state index is 10.7. The van der Waals surface area contributed by atoms with E-state index < -0.39 is 5.76 Å². The minimum absolute atomic E-state index is 0.402. The first-order valence-corrected chi connectivity index (χ1v) is 5.18. The van der Waals surface area contributed by atoms with Gasteiger partial charge >= 0.3 is 5.76 Å². The van der Waals surface area contributed by atoms with Crippen LogP contribution in [-0.2, 0) is 5.75 Å². The van der Waals surface area contributed by atoms with Crippen molar-refractivity contribution in [1.82, 2.24) is 4.98 Å². The van der Waals surface area contributed by atoms with Crippen molar-refractivity contribution in [3.63, 3.8) is 0 Å². The summed E-state index contributed by atoms with van der Waals surface area (Å²) in [6.07, 6.45) is 1.58. The molecular weight excluding hydrogens is 198 g/mol. The number of aromatic amines is 1. The van der Waals surface area contributed by atoms with Gasteiger partial charge in [-0.05, 0) is 5.56 Å². The summed E-state index contributed by atoms with van der Waals surface area (Å²) in [5.74, 6) is 0.405. The molecule has 1 N–H and O–H groups in total. The zero-order chi connectivity index (χ0) is 9.80. The van der Waals surface area contributed by atoms with Gasteiger partial charge in [0.1, 0.15) is 0 Å². The Kier molecular flexibility index (Phi) is 2.74. The van der Waals surface area contributed by atoms with Crippen LogP contribution in [0.4, 0.5) is 0 Å². The lowest BCUT2D eigenvalue weighted by Crippen LogP contribution is -1.92. The number of nitrogens with one attached hydrogen (secondary N) is 1. The topological polar surface area (TPSA) is 46.0 Å². The number of benzene rings is 1. The van der Waals surface area contributed by atoms with Gasteiger partial charge in [0.05, 0.1) is 6.20 Å². The lowest BCUT2D eigenvalue weighted by atomic mass is 10.2. The van der Waals surface area contributed by atoms with Crippen LogP contribution < -0.4 is 5.76 Å². The van der Waals surface area contributed by atoms with Crippen LogP contribution in [-0.4, -0.2) is 4.98 Å². The molecule has 2 aromatic rings. The third-order valence-corrected chi connectivity index (χ3v) is 2.69. The van der Waals surface area contributed by atoms with Gasteiger partial charge in [-0.2, -0.15) is 0 Å². The number of hydrogen-bond acceptors (Lipinski definition) is 3. The molecular formula is C10H9NO2S. The summed E-state index contributed by atoms with van der Waals surface area (Å²) >= 11 is 1.50. The van der Waals surface area contributed by atoms with E-state index in [1.807, 2.05) is 30.3 Å². The van der Waals surface area contributed by atoms with Gasteiger partial charge in [0.15, 0.2) is 5.09 Å². The molecule has 0 saturated carbocycles. The second kappa shape index (κ2) is 4.19. The Morgan fingerprint density at radius 1 is 1.29 bits per heavy atom. The molecule has 0 amide bonds. The highest BCUT2D eigenvalue weighted by molar-refractivity contribution is 7.98. The van der Waals surface area contributed by atoms with Gasteiger partial charge in [-0.3, -0.25) is 4.98 Å². The highest BCUT2D eigenvalue weighted by atomic mass is 32.2. The van der Waals surface area contributed by atoms with Gasteiger partial charge in [0.25, 0.3) is 0 Å². The largest absolute Gasteiger partial charge is 0.417 e. The SMILES string of the molecule is O=c1[nH]cc(SCc2ccccc2)o1. The van der Waals surface area contributed by atoms with E-state index in [2.05, 4.69) is 4.98 Å². The predicted octanol–water partition coefficient (Wildman–Crippen LogP) is 2.26. The number of aromatic nitrogens is 1. The third kappa shape index (κ3) is 2.29. The second-order valence-corrected chi connectivity index (χ2v) is 3.75. The molecule has 0 spiro atoms. The van der Waals surface area contributed by atoms with Crippen molar-refractivity contribution in [3.05, 3.63) is 52.6 Å². The van der Waals surface area contributed by atoms with E-state index in [0.29, 0.717) is 5.09 Å². The van der Waals surface area contributed by atoms with Gasteiger partial charge in [0, 0.05) is 5.75 Å². The molecule has 0 aliphatic carbocycles. The zero-order valence-corrected chi connectivity index (χ0v) is 8.21. The van der Waals surface area contributed by atoms with Crippen molar-refractivity contribution in [2.75, 3.05) is 0 Å². The molecule has 3 nitrogen and oxygen atoms in total. The van der Waals surface area contributed by atoms with Crippen molar-refractivity contribution >= 4 is 11.8 Å².